The largest absolute Gasteiger partial charge is 0.381 e. The van der Waals surface area contributed by atoms with Crippen LogP contribution in [0.4, 0.5) is 0 Å². The van der Waals surface area contributed by atoms with Crippen molar-refractivity contribution >= 4 is 17.7 Å². The number of ether oxygens (including phenoxy) is 1. The summed E-state index contributed by atoms with van der Waals surface area (Å²) in [6.07, 6.45) is 3.86. The summed E-state index contributed by atoms with van der Waals surface area (Å²) in [5.74, 6) is 0.244. The first-order chi connectivity index (χ1) is 11.5. The first kappa shape index (κ1) is 17.2. The van der Waals surface area contributed by atoms with E-state index < -0.39 is 6.04 Å². The van der Waals surface area contributed by atoms with Crippen LogP contribution in [0.1, 0.15) is 39.0 Å². The van der Waals surface area contributed by atoms with Crippen LogP contribution in [0.15, 0.2) is 0 Å². The normalized spacial score (nSPS) is 29.4. The Labute approximate surface area is 142 Å². The third-order valence-corrected chi connectivity index (χ3v) is 5.40. The van der Waals surface area contributed by atoms with Gasteiger partial charge in [0.15, 0.2) is 0 Å². The van der Waals surface area contributed by atoms with Crippen LogP contribution in [0.25, 0.3) is 0 Å². The van der Waals surface area contributed by atoms with Gasteiger partial charge in [0.2, 0.25) is 17.7 Å². The molecule has 7 nitrogen and oxygen atoms in total. The van der Waals surface area contributed by atoms with Gasteiger partial charge in [0, 0.05) is 38.6 Å². The van der Waals surface area contributed by atoms with Gasteiger partial charge in [0.25, 0.3) is 0 Å². The smallest absolute Gasteiger partial charge is 0.244 e. The quantitative estimate of drug-likeness (QED) is 0.761. The van der Waals surface area contributed by atoms with Gasteiger partial charge in [0.05, 0.1) is 6.04 Å². The molecule has 3 atom stereocenters. The van der Waals surface area contributed by atoms with E-state index in [9.17, 15) is 14.4 Å². The molecule has 3 amide bonds. The Morgan fingerprint density at radius 1 is 1.25 bits per heavy atom. The van der Waals surface area contributed by atoms with Crippen molar-refractivity contribution < 1.29 is 19.1 Å². The molecule has 0 saturated carbocycles. The number of likely N-dealkylation sites (tertiary alicyclic amines) is 1. The van der Waals surface area contributed by atoms with Crippen LogP contribution >= 0.6 is 0 Å². The lowest BCUT2D eigenvalue weighted by molar-refractivity contribution is -0.137. The third kappa shape index (κ3) is 3.88. The summed E-state index contributed by atoms with van der Waals surface area (Å²) >= 11 is 0. The highest BCUT2D eigenvalue weighted by molar-refractivity contribution is 5.88. The van der Waals surface area contributed by atoms with E-state index in [4.69, 9.17) is 4.74 Å². The van der Waals surface area contributed by atoms with Crippen LogP contribution in [-0.4, -0.2) is 61.0 Å². The fourth-order valence-electron chi connectivity index (χ4n) is 3.94. The molecule has 3 heterocycles. The Morgan fingerprint density at radius 3 is 2.75 bits per heavy atom. The van der Waals surface area contributed by atoms with Gasteiger partial charge in [0.1, 0.15) is 6.04 Å². The lowest BCUT2D eigenvalue weighted by Gasteiger charge is -2.25. The number of carbonyl (C=O) groups is 3. The van der Waals surface area contributed by atoms with Gasteiger partial charge in [-0.25, -0.2) is 0 Å². The van der Waals surface area contributed by atoms with E-state index in [-0.39, 0.29) is 29.7 Å². The highest BCUT2D eigenvalue weighted by Gasteiger charge is 2.38. The average molecular weight is 337 g/mol. The minimum Gasteiger partial charge on any atom is -0.381 e. The van der Waals surface area contributed by atoms with Crippen molar-refractivity contribution in [1.82, 2.24) is 15.5 Å². The van der Waals surface area contributed by atoms with Gasteiger partial charge in [-0.1, -0.05) is 0 Å². The minimum atomic E-state index is -0.529. The van der Waals surface area contributed by atoms with E-state index in [1.54, 1.807) is 11.8 Å². The minimum absolute atomic E-state index is 0.0548. The van der Waals surface area contributed by atoms with Crippen LogP contribution in [-0.2, 0) is 19.1 Å². The van der Waals surface area contributed by atoms with E-state index >= 15 is 0 Å². The van der Waals surface area contributed by atoms with E-state index in [2.05, 4.69) is 10.6 Å². The highest BCUT2D eigenvalue weighted by Crippen LogP contribution is 2.25. The second-order valence-electron chi connectivity index (χ2n) is 7.19. The molecule has 3 aliphatic heterocycles. The number of rotatable bonds is 3. The van der Waals surface area contributed by atoms with Crippen LogP contribution in [0.5, 0.6) is 0 Å². The molecule has 3 aliphatic rings. The number of nitrogens with zero attached hydrogens (tertiary/aromatic N) is 1. The first-order valence-electron chi connectivity index (χ1n) is 9.01. The zero-order valence-corrected chi connectivity index (χ0v) is 14.3. The van der Waals surface area contributed by atoms with Gasteiger partial charge in [-0.2, -0.15) is 0 Å². The molecule has 0 aliphatic carbocycles. The summed E-state index contributed by atoms with van der Waals surface area (Å²) in [6, 6.07) is -0.472. The molecule has 3 rings (SSSR count). The summed E-state index contributed by atoms with van der Waals surface area (Å²) in [4.78, 5) is 38.4. The van der Waals surface area contributed by atoms with Gasteiger partial charge >= 0.3 is 0 Å². The molecular weight excluding hydrogens is 310 g/mol. The zero-order chi connectivity index (χ0) is 17.1. The molecule has 7 heteroatoms. The standard InChI is InChI=1S/C17H27N3O4/c1-11(18-16(22)12-5-7-24-8-6-12)17(23)20-9-13-3-2-4-15(21)19-14(13)10-20/h11-14H,2-10H2,1H3,(H,18,22)(H,19,21). The van der Waals surface area contributed by atoms with Crippen LogP contribution < -0.4 is 10.6 Å². The first-order valence-corrected chi connectivity index (χ1v) is 9.01. The van der Waals surface area contributed by atoms with Crippen LogP contribution in [0, 0.1) is 11.8 Å². The van der Waals surface area contributed by atoms with E-state index in [0.29, 0.717) is 51.5 Å². The van der Waals surface area contributed by atoms with Crippen LogP contribution in [0.3, 0.4) is 0 Å². The van der Waals surface area contributed by atoms with Crippen molar-refractivity contribution in [3.05, 3.63) is 0 Å². The predicted molar refractivity (Wildman–Crippen MR) is 87.0 cm³/mol. The van der Waals surface area contributed by atoms with Crippen molar-refractivity contribution in [3.8, 4) is 0 Å². The fraction of sp³-hybridized carbons (Fsp3) is 0.824. The molecule has 3 unspecified atom stereocenters. The summed E-state index contributed by atoms with van der Waals surface area (Å²) in [7, 11) is 0. The van der Waals surface area contributed by atoms with E-state index in [1.807, 2.05) is 0 Å². The SMILES string of the molecule is CC(NC(=O)C1CCOCC1)C(=O)N1CC2CCCC(=O)NC2C1. The maximum Gasteiger partial charge on any atom is 0.244 e. The van der Waals surface area contributed by atoms with E-state index in [1.165, 1.54) is 0 Å². The molecule has 0 aromatic heterocycles. The molecule has 3 saturated heterocycles. The summed E-state index contributed by atoms with van der Waals surface area (Å²) in [5.41, 5.74) is 0. The number of nitrogens with one attached hydrogen (secondary N) is 2. The predicted octanol–water partition coefficient (Wildman–Crippen LogP) is 0.0448. The fourth-order valence-corrected chi connectivity index (χ4v) is 3.94. The Kier molecular flexibility index (Phi) is 5.38. The van der Waals surface area contributed by atoms with Gasteiger partial charge in [-0.15, -0.1) is 0 Å². The monoisotopic (exact) mass is 337 g/mol. The van der Waals surface area contributed by atoms with Crippen molar-refractivity contribution in [2.45, 2.75) is 51.1 Å². The highest BCUT2D eigenvalue weighted by atomic mass is 16.5. The number of hydrogen-bond acceptors (Lipinski definition) is 4. The summed E-state index contributed by atoms with van der Waals surface area (Å²) in [6.45, 7) is 4.17. The zero-order valence-electron chi connectivity index (χ0n) is 14.3. The molecule has 0 bridgehead atoms. The lowest BCUT2D eigenvalue weighted by atomic mass is 9.99. The Morgan fingerprint density at radius 2 is 2.00 bits per heavy atom. The second kappa shape index (κ2) is 7.51. The number of amides is 3. The van der Waals surface area contributed by atoms with Crippen molar-refractivity contribution in [3.63, 3.8) is 0 Å². The molecule has 0 spiro atoms. The van der Waals surface area contributed by atoms with Crippen molar-refractivity contribution in [2.75, 3.05) is 26.3 Å². The third-order valence-electron chi connectivity index (χ3n) is 5.40. The van der Waals surface area contributed by atoms with Gasteiger partial charge < -0.3 is 20.3 Å². The second-order valence-corrected chi connectivity index (χ2v) is 7.19. The maximum absolute atomic E-state index is 12.6. The molecule has 24 heavy (non-hydrogen) atoms. The molecule has 2 N–H and O–H groups in total. The summed E-state index contributed by atoms with van der Waals surface area (Å²) in [5, 5.41) is 5.88. The molecule has 0 aromatic carbocycles. The Hall–Kier alpha value is -1.63. The van der Waals surface area contributed by atoms with Gasteiger partial charge in [-0.3, -0.25) is 14.4 Å². The van der Waals surface area contributed by atoms with Crippen molar-refractivity contribution in [1.29, 1.82) is 0 Å². The van der Waals surface area contributed by atoms with E-state index in [0.717, 1.165) is 12.8 Å². The Balaban J connectivity index is 1.52. The Bertz CT molecular complexity index is 504. The summed E-state index contributed by atoms with van der Waals surface area (Å²) < 4.78 is 5.27. The molecule has 0 aromatic rings. The molecule has 134 valence electrons. The number of hydrogen-bond donors (Lipinski definition) is 2. The molecular formula is C17H27N3O4. The van der Waals surface area contributed by atoms with Gasteiger partial charge in [-0.05, 0) is 38.5 Å². The average Bonchev–Trinajstić information content (AvgIpc) is 2.89. The van der Waals surface area contributed by atoms with Crippen LogP contribution in [0.2, 0.25) is 0 Å². The topological polar surface area (TPSA) is 87.7 Å². The maximum atomic E-state index is 12.6. The number of carbonyl (C=O) groups excluding carboxylic acids is 3. The lowest BCUT2D eigenvalue weighted by Crippen LogP contribution is -2.49. The van der Waals surface area contributed by atoms with Crippen molar-refractivity contribution in [2.24, 2.45) is 11.8 Å². The molecule has 0 radical (unpaired) electrons. The molecule has 3 fully saturated rings. The number of fused-ring (bicyclic) bond motifs is 1.